The highest BCUT2D eigenvalue weighted by Gasteiger charge is 2.15. The Labute approximate surface area is 141 Å². The highest BCUT2D eigenvalue weighted by atomic mass is 32.1. The van der Waals surface area contributed by atoms with E-state index in [1.54, 1.807) is 36.4 Å². The molecule has 0 spiro atoms. The molecular weight excluding hydrogens is 331 g/mol. The van der Waals surface area contributed by atoms with E-state index in [2.05, 4.69) is 0 Å². The molecule has 1 aromatic heterocycles. The van der Waals surface area contributed by atoms with Gasteiger partial charge in [0.25, 0.3) is 0 Å². The third-order valence-corrected chi connectivity index (χ3v) is 4.52. The van der Waals surface area contributed by atoms with Gasteiger partial charge in [-0.05, 0) is 53.9 Å². The molecule has 0 unspecified atom stereocenters. The quantitative estimate of drug-likeness (QED) is 0.517. The molecule has 2 aromatic carbocycles. The lowest BCUT2D eigenvalue weighted by molar-refractivity contribution is 0.0479. The molecule has 1 heterocycles. The van der Waals surface area contributed by atoms with Crippen molar-refractivity contribution >= 4 is 33.2 Å². The number of carbonyl (C=O) groups is 2. The molecule has 3 aromatic rings. The fourth-order valence-corrected chi connectivity index (χ4v) is 3.11. The van der Waals surface area contributed by atoms with Gasteiger partial charge in [0, 0.05) is 10.3 Å². The van der Waals surface area contributed by atoms with E-state index in [0.717, 1.165) is 4.70 Å². The second kappa shape index (κ2) is 6.80. The van der Waals surface area contributed by atoms with Gasteiger partial charge in [-0.3, -0.25) is 4.79 Å². The Morgan fingerprint density at radius 1 is 1.08 bits per heavy atom. The summed E-state index contributed by atoms with van der Waals surface area (Å²) < 4.78 is 24.0. The standard InChI is InChI=1S/C18H13FO4S/c1-22-14-5-2-11(3-6-14)15(20)10-23-18(21)17-9-12-8-13(19)4-7-16(12)24-17/h2-9H,10H2,1H3. The molecule has 0 amide bonds. The van der Waals surface area contributed by atoms with Crippen molar-refractivity contribution in [1.82, 2.24) is 0 Å². The Bertz CT molecular complexity index is 899. The number of rotatable bonds is 5. The van der Waals surface area contributed by atoms with Crippen LogP contribution in [0, 0.1) is 5.82 Å². The van der Waals surface area contributed by atoms with Crippen LogP contribution in [0.25, 0.3) is 10.1 Å². The van der Waals surface area contributed by atoms with Gasteiger partial charge in [-0.15, -0.1) is 11.3 Å². The largest absolute Gasteiger partial charge is 0.497 e. The van der Waals surface area contributed by atoms with Crippen molar-refractivity contribution in [3.8, 4) is 5.75 Å². The lowest BCUT2D eigenvalue weighted by atomic mass is 10.1. The molecule has 122 valence electrons. The van der Waals surface area contributed by atoms with E-state index in [0.29, 0.717) is 21.6 Å². The van der Waals surface area contributed by atoms with E-state index < -0.39 is 5.97 Å². The maximum absolute atomic E-state index is 13.2. The van der Waals surface area contributed by atoms with Crippen molar-refractivity contribution < 1.29 is 23.5 Å². The number of fused-ring (bicyclic) bond motifs is 1. The zero-order valence-corrected chi connectivity index (χ0v) is 13.6. The molecule has 0 saturated carbocycles. The zero-order chi connectivity index (χ0) is 17.1. The summed E-state index contributed by atoms with van der Waals surface area (Å²) in [6, 6.07) is 12.4. The lowest BCUT2D eigenvalue weighted by Crippen LogP contribution is -2.13. The highest BCUT2D eigenvalue weighted by molar-refractivity contribution is 7.20. The smallest absolute Gasteiger partial charge is 0.348 e. The normalized spacial score (nSPS) is 10.6. The fourth-order valence-electron chi connectivity index (χ4n) is 2.18. The van der Waals surface area contributed by atoms with E-state index >= 15 is 0 Å². The number of benzene rings is 2. The minimum absolute atomic E-state index is 0.307. The number of thiophene rings is 1. The summed E-state index contributed by atoms with van der Waals surface area (Å²) in [4.78, 5) is 24.4. The van der Waals surface area contributed by atoms with Crippen LogP contribution in [0.3, 0.4) is 0 Å². The highest BCUT2D eigenvalue weighted by Crippen LogP contribution is 2.26. The minimum atomic E-state index is -0.599. The van der Waals surface area contributed by atoms with Crippen LogP contribution >= 0.6 is 11.3 Å². The first-order valence-corrected chi connectivity index (χ1v) is 7.92. The molecule has 0 atom stereocenters. The van der Waals surface area contributed by atoms with Gasteiger partial charge < -0.3 is 9.47 Å². The summed E-state index contributed by atoms with van der Waals surface area (Å²) >= 11 is 1.20. The first-order chi connectivity index (χ1) is 11.6. The number of halogens is 1. The maximum Gasteiger partial charge on any atom is 0.348 e. The van der Waals surface area contributed by atoms with Gasteiger partial charge in [-0.1, -0.05) is 0 Å². The Hall–Kier alpha value is -2.73. The van der Waals surface area contributed by atoms with Crippen LogP contribution in [0.2, 0.25) is 0 Å². The van der Waals surface area contributed by atoms with Crippen LogP contribution in [-0.2, 0) is 4.74 Å². The number of carbonyl (C=O) groups excluding carboxylic acids is 2. The second-order valence-electron chi connectivity index (χ2n) is 5.02. The molecule has 0 aliphatic rings. The number of esters is 1. The molecule has 0 fully saturated rings. The lowest BCUT2D eigenvalue weighted by Gasteiger charge is -2.04. The van der Waals surface area contributed by atoms with Gasteiger partial charge in [0.1, 0.15) is 16.4 Å². The van der Waals surface area contributed by atoms with Gasteiger partial charge in [-0.2, -0.15) is 0 Å². The van der Waals surface area contributed by atoms with Crippen LogP contribution in [-0.4, -0.2) is 25.5 Å². The average Bonchev–Trinajstić information content (AvgIpc) is 3.02. The predicted molar refractivity (Wildman–Crippen MR) is 89.4 cm³/mol. The van der Waals surface area contributed by atoms with Crippen LogP contribution in [0.15, 0.2) is 48.5 Å². The summed E-state index contributed by atoms with van der Waals surface area (Å²) in [6.07, 6.45) is 0. The van der Waals surface area contributed by atoms with Crippen molar-refractivity contribution in [3.63, 3.8) is 0 Å². The third-order valence-electron chi connectivity index (χ3n) is 3.43. The monoisotopic (exact) mass is 344 g/mol. The van der Waals surface area contributed by atoms with Crippen LogP contribution in [0.4, 0.5) is 4.39 Å². The first kappa shape index (κ1) is 16.1. The second-order valence-corrected chi connectivity index (χ2v) is 6.10. The Kier molecular flexibility index (Phi) is 4.57. The number of ketones is 1. The molecule has 0 aliphatic carbocycles. The molecular formula is C18H13FO4S. The molecule has 0 N–H and O–H groups in total. The van der Waals surface area contributed by atoms with E-state index in [9.17, 15) is 14.0 Å². The molecule has 0 bridgehead atoms. The minimum Gasteiger partial charge on any atom is -0.497 e. The van der Waals surface area contributed by atoms with Crippen molar-refractivity contribution in [2.45, 2.75) is 0 Å². The molecule has 0 saturated heterocycles. The molecule has 0 radical (unpaired) electrons. The summed E-state index contributed by atoms with van der Waals surface area (Å²) in [7, 11) is 1.54. The van der Waals surface area contributed by atoms with E-state index in [-0.39, 0.29) is 18.2 Å². The Morgan fingerprint density at radius 2 is 1.83 bits per heavy atom. The summed E-state index contributed by atoms with van der Waals surface area (Å²) in [5.41, 5.74) is 0.432. The van der Waals surface area contributed by atoms with Crippen molar-refractivity contribution in [1.29, 1.82) is 0 Å². The molecule has 4 nitrogen and oxygen atoms in total. The van der Waals surface area contributed by atoms with Gasteiger partial charge in [0.15, 0.2) is 12.4 Å². The zero-order valence-electron chi connectivity index (χ0n) is 12.7. The maximum atomic E-state index is 13.2. The molecule has 6 heteroatoms. The molecule has 0 aliphatic heterocycles. The number of ether oxygens (including phenoxy) is 2. The first-order valence-electron chi connectivity index (χ1n) is 7.10. The van der Waals surface area contributed by atoms with Gasteiger partial charge in [0.2, 0.25) is 0 Å². The van der Waals surface area contributed by atoms with Crippen molar-refractivity contribution in [3.05, 3.63) is 64.8 Å². The molecule has 24 heavy (non-hydrogen) atoms. The van der Waals surface area contributed by atoms with Crippen LogP contribution in [0.5, 0.6) is 5.75 Å². The summed E-state index contributed by atoms with van der Waals surface area (Å²) in [6.45, 7) is -0.353. The Balaban J connectivity index is 1.66. The average molecular weight is 344 g/mol. The van der Waals surface area contributed by atoms with E-state index in [1.165, 1.54) is 30.6 Å². The number of hydrogen-bond donors (Lipinski definition) is 0. The van der Waals surface area contributed by atoms with E-state index in [1.807, 2.05) is 0 Å². The van der Waals surface area contributed by atoms with Gasteiger partial charge in [0.05, 0.1) is 7.11 Å². The summed E-state index contributed by atoms with van der Waals surface area (Å²) in [5, 5.41) is 0.633. The molecule has 3 rings (SSSR count). The summed E-state index contributed by atoms with van der Waals surface area (Å²) in [5.74, 6) is -0.632. The number of hydrogen-bond acceptors (Lipinski definition) is 5. The third kappa shape index (κ3) is 3.44. The van der Waals surface area contributed by atoms with Crippen molar-refractivity contribution in [2.24, 2.45) is 0 Å². The Morgan fingerprint density at radius 3 is 2.54 bits per heavy atom. The van der Waals surface area contributed by atoms with Crippen molar-refractivity contribution in [2.75, 3.05) is 13.7 Å². The topological polar surface area (TPSA) is 52.6 Å². The van der Waals surface area contributed by atoms with Gasteiger partial charge >= 0.3 is 5.97 Å². The predicted octanol–water partition coefficient (Wildman–Crippen LogP) is 4.09. The van der Waals surface area contributed by atoms with E-state index in [4.69, 9.17) is 9.47 Å². The van der Waals surface area contributed by atoms with Crippen LogP contribution < -0.4 is 4.74 Å². The fraction of sp³-hybridized carbons (Fsp3) is 0.111. The SMILES string of the molecule is COc1ccc(C(=O)COC(=O)c2cc3cc(F)ccc3s2)cc1. The van der Waals surface area contributed by atoms with Gasteiger partial charge in [-0.25, -0.2) is 9.18 Å². The van der Waals surface area contributed by atoms with Crippen LogP contribution in [0.1, 0.15) is 20.0 Å². The number of Topliss-reactive ketones (excluding diaryl/α,β-unsaturated/α-hetero) is 1. The number of methoxy groups -OCH3 is 1.